The van der Waals surface area contributed by atoms with E-state index in [1.54, 1.807) is 0 Å². The molecule has 1 aliphatic rings. The van der Waals surface area contributed by atoms with Crippen molar-refractivity contribution in [2.24, 2.45) is 0 Å². The van der Waals surface area contributed by atoms with Gasteiger partial charge in [0.25, 0.3) is 0 Å². The van der Waals surface area contributed by atoms with E-state index in [-0.39, 0.29) is 12.2 Å². The van der Waals surface area contributed by atoms with Gasteiger partial charge in [0.1, 0.15) is 24.2 Å². The van der Waals surface area contributed by atoms with Crippen molar-refractivity contribution in [2.45, 2.75) is 24.9 Å². The molecule has 7 N–H and O–H groups in total. The van der Waals surface area contributed by atoms with Crippen LogP contribution < -0.4 is 5.73 Å². The van der Waals surface area contributed by atoms with Crippen LogP contribution in [0.25, 0.3) is 11.2 Å². The molecule has 5 atom stereocenters. The molecule has 3 heterocycles. The number of hydrogen-bond acceptors (Lipinski definition) is 12. The van der Waals surface area contributed by atoms with Crippen LogP contribution in [-0.4, -0.2) is 63.0 Å². The molecule has 2 aromatic heterocycles. The van der Waals surface area contributed by atoms with E-state index in [0.717, 1.165) is 0 Å². The number of imidazole rings is 1. The van der Waals surface area contributed by atoms with Gasteiger partial charge in [-0.1, -0.05) is 0 Å². The first kappa shape index (κ1) is 23.8. The lowest BCUT2D eigenvalue weighted by Gasteiger charge is -2.21. The summed E-state index contributed by atoms with van der Waals surface area (Å²) in [6.45, 7) is -5.08. The second-order valence-corrected chi connectivity index (χ2v) is 11.7. The van der Waals surface area contributed by atoms with Crippen molar-refractivity contribution in [1.29, 1.82) is 0 Å². The second kappa shape index (κ2) is 8.56. The van der Waals surface area contributed by atoms with Crippen molar-refractivity contribution < 1.29 is 51.7 Å². The average Bonchev–Trinajstić information content (AvgIpc) is 3.14. The number of ether oxygens (including phenoxy) is 1. The number of aromatic nitrogens is 4. The summed E-state index contributed by atoms with van der Waals surface area (Å²) in [5.74, 6) is 0.154. The first-order valence-corrected chi connectivity index (χ1v) is 13.4. The maximum Gasteiger partial charge on any atom is 0.488 e. The van der Waals surface area contributed by atoms with E-state index in [1.807, 2.05) is 0 Å². The van der Waals surface area contributed by atoms with Crippen molar-refractivity contribution in [2.75, 3.05) is 12.3 Å². The molecule has 168 valence electrons. The molecule has 0 amide bonds. The van der Waals surface area contributed by atoms with Crippen LogP contribution in [0, 0.1) is 0 Å². The lowest BCUT2D eigenvalue weighted by molar-refractivity contribution is -0.0399. The highest BCUT2D eigenvalue weighted by molar-refractivity contribution is 8.08. The van der Waals surface area contributed by atoms with Crippen LogP contribution in [0.15, 0.2) is 12.7 Å². The Kier molecular flexibility index (Phi) is 6.78. The summed E-state index contributed by atoms with van der Waals surface area (Å²) >= 11 is 4.51. The van der Waals surface area contributed by atoms with Crippen LogP contribution in [0.4, 0.5) is 5.82 Å². The van der Waals surface area contributed by atoms with Gasteiger partial charge >= 0.3 is 22.4 Å². The third-order valence-electron chi connectivity index (χ3n) is 3.72. The number of aliphatic hydroxyl groups excluding tert-OH is 1. The lowest BCUT2D eigenvalue weighted by atomic mass is 10.2. The Labute approximate surface area is 172 Å². The largest absolute Gasteiger partial charge is 0.488 e. The van der Waals surface area contributed by atoms with Crippen LogP contribution in [0.5, 0.6) is 0 Å². The Hall–Kier alpha value is -0.900. The molecule has 0 radical (unpaired) electrons. The summed E-state index contributed by atoms with van der Waals surface area (Å²) in [7, 11) is -10.8. The zero-order chi connectivity index (χ0) is 22.3. The van der Waals surface area contributed by atoms with E-state index in [2.05, 4.69) is 35.4 Å². The van der Waals surface area contributed by atoms with Crippen LogP contribution in [0.2, 0.25) is 0 Å². The minimum Gasteiger partial charge on any atom is -0.390 e. The molecule has 16 nitrogen and oxygen atoms in total. The van der Waals surface area contributed by atoms with Crippen molar-refractivity contribution in [3.8, 4) is 0 Å². The van der Waals surface area contributed by atoms with E-state index in [9.17, 15) is 24.0 Å². The van der Waals surface area contributed by atoms with Gasteiger partial charge in [0, 0.05) is 6.42 Å². The number of nitrogens with two attached hydrogens (primary N) is 1. The van der Waals surface area contributed by atoms with Crippen molar-refractivity contribution in [1.82, 2.24) is 19.5 Å². The minimum absolute atomic E-state index is 0.0678. The molecule has 2 unspecified atom stereocenters. The number of fused-ring (bicyclic) bond motifs is 1. The van der Waals surface area contributed by atoms with E-state index in [0.29, 0.717) is 11.2 Å². The molecule has 30 heavy (non-hydrogen) atoms. The Bertz CT molecular complexity index is 1080. The SMILES string of the molecule is Nc1ncnc2c1ncn2[C@H]1C[C@@H](O)[C@H](COP(O)(=S)OP(=O)(O)OP(=O)(O)O)O1. The first-order valence-electron chi connectivity index (χ1n) is 7.81. The normalized spacial score (nSPS) is 26.5. The highest BCUT2D eigenvalue weighted by Crippen LogP contribution is 2.66. The van der Waals surface area contributed by atoms with Crippen LogP contribution in [-0.2, 0) is 38.8 Å². The zero-order valence-electron chi connectivity index (χ0n) is 14.6. The number of aliphatic hydroxyl groups is 1. The summed E-state index contributed by atoms with van der Waals surface area (Å²) < 4.78 is 41.8. The third kappa shape index (κ3) is 5.87. The molecular weight excluding hydrogens is 491 g/mol. The van der Waals surface area contributed by atoms with E-state index >= 15 is 0 Å². The van der Waals surface area contributed by atoms with Gasteiger partial charge in [0.05, 0.1) is 19.0 Å². The Balaban J connectivity index is 1.64. The monoisotopic (exact) mass is 507 g/mol. The molecule has 0 saturated carbocycles. The molecule has 1 aliphatic heterocycles. The summed E-state index contributed by atoms with van der Waals surface area (Å²) in [4.78, 5) is 48.2. The van der Waals surface area contributed by atoms with Gasteiger partial charge in [-0.15, -0.1) is 0 Å². The Morgan fingerprint density at radius 3 is 2.60 bits per heavy atom. The first-order chi connectivity index (χ1) is 13.8. The predicted octanol–water partition coefficient (Wildman–Crippen LogP) is -0.483. The lowest BCUT2D eigenvalue weighted by Crippen LogP contribution is -2.26. The Morgan fingerprint density at radius 1 is 1.23 bits per heavy atom. The highest BCUT2D eigenvalue weighted by Gasteiger charge is 2.41. The number of hydrogen-bond donors (Lipinski definition) is 6. The zero-order valence-corrected chi connectivity index (χ0v) is 18.1. The van der Waals surface area contributed by atoms with E-state index in [4.69, 9.17) is 24.8 Å². The molecule has 0 aliphatic carbocycles. The maximum atomic E-state index is 11.5. The summed E-state index contributed by atoms with van der Waals surface area (Å²) in [6.07, 6.45) is -0.213. The van der Waals surface area contributed by atoms with Gasteiger partial charge in [-0.2, -0.15) is 4.31 Å². The highest BCUT2D eigenvalue weighted by atomic mass is 32.5. The fourth-order valence-corrected chi connectivity index (χ4v) is 6.56. The van der Waals surface area contributed by atoms with Crippen LogP contribution in [0.1, 0.15) is 12.6 Å². The Morgan fingerprint density at radius 2 is 1.93 bits per heavy atom. The van der Waals surface area contributed by atoms with Crippen LogP contribution >= 0.6 is 22.4 Å². The topological polar surface area (TPSA) is 242 Å². The molecule has 3 rings (SSSR count). The number of nitrogens with zero attached hydrogens (tertiary/aromatic N) is 4. The number of nitrogen functional groups attached to an aromatic ring is 1. The van der Waals surface area contributed by atoms with Gasteiger partial charge in [-0.05, 0) is 11.8 Å². The number of phosphoric acid groups is 2. The summed E-state index contributed by atoms with van der Waals surface area (Å²) in [5.41, 5.74) is 6.40. The molecule has 1 saturated heterocycles. The van der Waals surface area contributed by atoms with Crippen molar-refractivity contribution >= 4 is 51.2 Å². The molecular formula is C10H16N5O11P3S. The summed E-state index contributed by atoms with van der Waals surface area (Å²) in [5, 5.41) is 10.2. The van der Waals surface area contributed by atoms with Gasteiger partial charge < -0.3 is 39.7 Å². The fourth-order valence-electron chi connectivity index (χ4n) is 2.59. The average molecular weight is 507 g/mol. The third-order valence-corrected chi connectivity index (χ3v) is 8.44. The van der Waals surface area contributed by atoms with Gasteiger partial charge in [-0.3, -0.25) is 4.57 Å². The molecule has 20 heteroatoms. The standard InChI is InChI=1S/C10H16N5O11P3S/c11-9-8-10(13-3-12-9)15(4-14-8)7-1-5(16)6(24-7)2-23-29(22,30)26-28(20,21)25-27(17,18)19/h3-7,16H,1-2H2,(H,20,21)(H,22,30)(H2,11,12,13)(H2,17,18,19)/t5-,6+,7-,29?/m1/s1. The number of rotatable bonds is 8. The predicted molar refractivity (Wildman–Crippen MR) is 101 cm³/mol. The summed E-state index contributed by atoms with van der Waals surface area (Å²) in [6, 6.07) is 0. The quantitative estimate of drug-likeness (QED) is 0.247. The van der Waals surface area contributed by atoms with Crippen molar-refractivity contribution in [3.63, 3.8) is 0 Å². The van der Waals surface area contributed by atoms with Gasteiger partial charge in [0.2, 0.25) is 0 Å². The molecule has 1 fully saturated rings. The fraction of sp³-hybridized carbons (Fsp3) is 0.500. The molecule has 0 spiro atoms. The van der Waals surface area contributed by atoms with E-state index < -0.39 is 47.4 Å². The van der Waals surface area contributed by atoms with E-state index in [1.165, 1.54) is 17.2 Å². The molecule has 0 bridgehead atoms. The van der Waals surface area contributed by atoms with Crippen LogP contribution in [0.3, 0.4) is 0 Å². The second-order valence-electron chi connectivity index (χ2n) is 5.90. The molecule has 0 aromatic carbocycles. The smallest absolute Gasteiger partial charge is 0.390 e. The number of anilines is 1. The molecule has 2 aromatic rings. The minimum atomic E-state index is -5.43. The van der Waals surface area contributed by atoms with Gasteiger partial charge in [-0.25, -0.2) is 28.4 Å². The van der Waals surface area contributed by atoms with Crippen molar-refractivity contribution in [3.05, 3.63) is 12.7 Å². The maximum absolute atomic E-state index is 11.5. The van der Waals surface area contributed by atoms with Gasteiger partial charge in [0.15, 0.2) is 11.5 Å².